The first-order valence-electron chi connectivity index (χ1n) is 7.95. The van der Waals surface area contributed by atoms with E-state index in [2.05, 4.69) is 5.32 Å². The fourth-order valence-electron chi connectivity index (χ4n) is 3.48. The monoisotopic (exact) mass is 310 g/mol. The maximum absolute atomic E-state index is 12.8. The van der Waals surface area contributed by atoms with Gasteiger partial charge in [-0.25, -0.2) is 9.69 Å². The second-order valence-electron chi connectivity index (χ2n) is 6.08. The van der Waals surface area contributed by atoms with Gasteiger partial charge in [-0.2, -0.15) is 0 Å². The van der Waals surface area contributed by atoms with E-state index in [9.17, 15) is 9.59 Å². The Labute approximate surface area is 134 Å². The van der Waals surface area contributed by atoms with Gasteiger partial charge in [-0.1, -0.05) is 36.4 Å². The van der Waals surface area contributed by atoms with Gasteiger partial charge in [0.1, 0.15) is 6.04 Å². The highest BCUT2D eigenvalue weighted by Crippen LogP contribution is 2.31. The molecule has 0 saturated carbocycles. The zero-order valence-electron chi connectivity index (χ0n) is 12.7. The van der Waals surface area contributed by atoms with Crippen LogP contribution in [-0.2, 0) is 9.53 Å². The third kappa shape index (κ3) is 2.37. The molecule has 0 aliphatic carbocycles. The number of benzene rings is 2. The van der Waals surface area contributed by atoms with E-state index in [-0.39, 0.29) is 17.9 Å². The van der Waals surface area contributed by atoms with Crippen molar-refractivity contribution in [2.24, 2.45) is 5.92 Å². The van der Waals surface area contributed by atoms with Crippen molar-refractivity contribution in [3.63, 3.8) is 0 Å². The molecule has 23 heavy (non-hydrogen) atoms. The number of anilines is 1. The molecule has 2 aliphatic heterocycles. The summed E-state index contributed by atoms with van der Waals surface area (Å²) in [5.74, 6) is -0.123. The third-order valence-corrected chi connectivity index (χ3v) is 4.64. The van der Waals surface area contributed by atoms with Crippen LogP contribution in [0.5, 0.6) is 0 Å². The summed E-state index contributed by atoms with van der Waals surface area (Å²) in [6.07, 6.45) is 1.83. The molecule has 0 bridgehead atoms. The van der Waals surface area contributed by atoms with Gasteiger partial charge in [0, 0.05) is 17.9 Å². The highest BCUT2D eigenvalue weighted by molar-refractivity contribution is 6.24. The number of ether oxygens (including phenoxy) is 1. The predicted molar refractivity (Wildman–Crippen MR) is 87.3 cm³/mol. The SMILES string of the molecule is O=C1N[C@H]([C@H]2CCCOC2)C(=O)N1c1cccc2ccccc12. The highest BCUT2D eigenvalue weighted by Gasteiger charge is 2.44. The Hall–Kier alpha value is -2.40. The molecule has 2 heterocycles. The number of carbonyl (C=O) groups excluding carboxylic acids is 2. The number of urea groups is 1. The lowest BCUT2D eigenvalue weighted by Gasteiger charge is -2.25. The van der Waals surface area contributed by atoms with E-state index in [1.807, 2.05) is 42.5 Å². The number of hydrogen-bond donors (Lipinski definition) is 1. The maximum atomic E-state index is 12.8. The van der Waals surface area contributed by atoms with Gasteiger partial charge in [-0.3, -0.25) is 4.79 Å². The van der Waals surface area contributed by atoms with Crippen LogP contribution in [0.2, 0.25) is 0 Å². The Kier molecular flexibility index (Phi) is 3.50. The minimum Gasteiger partial charge on any atom is -0.381 e. The largest absolute Gasteiger partial charge is 0.381 e. The number of carbonyl (C=O) groups is 2. The zero-order valence-corrected chi connectivity index (χ0v) is 12.7. The summed E-state index contributed by atoms with van der Waals surface area (Å²) < 4.78 is 5.47. The van der Waals surface area contributed by atoms with Crippen LogP contribution in [0, 0.1) is 5.92 Å². The van der Waals surface area contributed by atoms with Crippen molar-refractivity contribution in [1.29, 1.82) is 0 Å². The van der Waals surface area contributed by atoms with E-state index < -0.39 is 6.04 Å². The smallest absolute Gasteiger partial charge is 0.329 e. The molecule has 3 amide bonds. The van der Waals surface area contributed by atoms with Gasteiger partial charge in [0.15, 0.2) is 0 Å². The Morgan fingerprint density at radius 2 is 1.91 bits per heavy atom. The Morgan fingerprint density at radius 1 is 1.09 bits per heavy atom. The van der Waals surface area contributed by atoms with Crippen molar-refractivity contribution in [1.82, 2.24) is 5.32 Å². The maximum Gasteiger partial charge on any atom is 0.329 e. The van der Waals surface area contributed by atoms with Crippen molar-refractivity contribution in [2.75, 3.05) is 18.1 Å². The average Bonchev–Trinajstić information content (AvgIpc) is 2.90. The number of nitrogens with zero attached hydrogens (tertiary/aromatic N) is 1. The average molecular weight is 310 g/mol. The lowest BCUT2D eigenvalue weighted by Crippen LogP contribution is -2.41. The second-order valence-corrected chi connectivity index (χ2v) is 6.08. The molecule has 2 fully saturated rings. The van der Waals surface area contributed by atoms with E-state index in [0.29, 0.717) is 12.3 Å². The summed E-state index contributed by atoms with van der Waals surface area (Å²) in [4.78, 5) is 26.6. The van der Waals surface area contributed by atoms with Crippen LogP contribution in [0.25, 0.3) is 10.8 Å². The van der Waals surface area contributed by atoms with Gasteiger partial charge in [0.25, 0.3) is 5.91 Å². The van der Waals surface area contributed by atoms with Crippen molar-refractivity contribution < 1.29 is 14.3 Å². The molecule has 2 aliphatic rings. The van der Waals surface area contributed by atoms with Gasteiger partial charge in [0.2, 0.25) is 0 Å². The van der Waals surface area contributed by atoms with E-state index in [1.54, 1.807) is 0 Å². The van der Waals surface area contributed by atoms with Crippen LogP contribution in [0.1, 0.15) is 12.8 Å². The Bertz CT molecular complexity index is 762. The number of amides is 3. The Morgan fingerprint density at radius 3 is 2.74 bits per heavy atom. The molecule has 2 atom stereocenters. The highest BCUT2D eigenvalue weighted by atomic mass is 16.5. The molecule has 5 heteroatoms. The fourth-order valence-corrected chi connectivity index (χ4v) is 3.48. The standard InChI is InChI=1S/C18H18N2O3/c21-17-16(13-7-4-10-23-11-13)19-18(22)20(17)15-9-3-6-12-5-1-2-8-14(12)15/h1-3,5-6,8-9,13,16H,4,7,10-11H2,(H,19,22)/t13-,16+/m0/s1. The fraction of sp³-hybridized carbons (Fsp3) is 0.333. The third-order valence-electron chi connectivity index (χ3n) is 4.64. The van der Waals surface area contributed by atoms with Crippen LogP contribution >= 0.6 is 0 Å². The number of hydrogen-bond acceptors (Lipinski definition) is 3. The lowest BCUT2D eigenvalue weighted by atomic mass is 9.93. The van der Waals surface area contributed by atoms with Gasteiger partial charge >= 0.3 is 6.03 Å². The zero-order chi connectivity index (χ0) is 15.8. The van der Waals surface area contributed by atoms with Crippen molar-refractivity contribution in [3.8, 4) is 0 Å². The van der Waals surface area contributed by atoms with E-state index in [1.165, 1.54) is 4.90 Å². The molecule has 2 aromatic carbocycles. The molecule has 1 N–H and O–H groups in total. The van der Waals surface area contributed by atoms with Crippen LogP contribution in [0.3, 0.4) is 0 Å². The molecule has 118 valence electrons. The summed E-state index contributed by atoms with van der Waals surface area (Å²) in [6, 6.07) is 12.6. The van der Waals surface area contributed by atoms with Crippen molar-refractivity contribution >= 4 is 28.4 Å². The predicted octanol–water partition coefficient (Wildman–Crippen LogP) is 2.69. The van der Waals surface area contributed by atoms with Gasteiger partial charge in [0.05, 0.1) is 12.3 Å². The van der Waals surface area contributed by atoms with Crippen molar-refractivity contribution in [3.05, 3.63) is 42.5 Å². The lowest BCUT2D eigenvalue weighted by molar-refractivity contribution is -0.120. The second kappa shape index (κ2) is 5.66. The van der Waals surface area contributed by atoms with Crippen LogP contribution in [-0.4, -0.2) is 31.2 Å². The molecule has 2 saturated heterocycles. The van der Waals surface area contributed by atoms with Crippen LogP contribution in [0.4, 0.5) is 10.5 Å². The van der Waals surface area contributed by atoms with Gasteiger partial charge < -0.3 is 10.1 Å². The minimum absolute atomic E-state index is 0.0557. The normalized spacial score (nSPS) is 25.0. The summed E-state index contributed by atoms with van der Waals surface area (Å²) in [5.41, 5.74) is 0.643. The first-order chi connectivity index (χ1) is 11.3. The molecule has 5 nitrogen and oxygen atoms in total. The Balaban J connectivity index is 1.71. The summed E-state index contributed by atoms with van der Waals surface area (Å²) >= 11 is 0. The molecule has 0 spiro atoms. The van der Waals surface area contributed by atoms with Gasteiger partial charge in [-0.05, 0) is 24.3 Å². The molecule has 2 aromatic rings. The van der Waals surface area contributed by atoms with E-state index in [0.717, 1.165) is 30.2 Å². The summed E-state index contributed by atoms with van der Waals surface area (Å²) in [5, 5.41) is 4.76. The first-order valence-corrected chi connectivity index (χ1v) is 7.95. The molecular formula is C18H18N2O3. The topological polar surface area (TPSA) is 58.6 Å². The first kappa shape index (κ1) is 14.2. The van der Waals surface area contributed by atoms with Crippen LogP contribution < -0.4 is 10.2 Å². The number of imide groups is 1. The molecule has 0 aromatic heterocycles. The molecule has 4 rings (SSSR count). The van der Waals surface area contributed by atoms with E-state index >= 15 is 0 Å². The number of fused-ring (bicyclic) bond motifs is 1. The summed E-state index contributed by atoms with van der Waals surface area (Å²) in [6.45, 7) is 1.26. The van der Waals surface area contributed by atoms with E-state index in [4.69, 9.17) is 4.74 Å². The molecule has 0 radical (unpaired) electrons. The quantitative estimate of drug-likeness (QED) is 0.868. The molecular weight excluding hydrogens is 292 g/mol. The van der Waals surface area contributed by atoms with Crippen LogP contribution in [0.15, 0.2) is 42.5 Å². The minimum atomic E-state index is -0.484. The number of nitrogens with one attached hydrogen (secondary N) is 1. The van der Waals surface area contributed by atoms with Gasteiger partial charge in [-0.15, -0.1) is 0 Å². The molecule has 0 unspecified atom stereocenters. The number of rotatable bonds is 2. The van der Waals surface area contributed by atoms with Crippen molar-refractivity contribution in [2.45, 2.75) is 18.9 Å². The summed E-state index contributed by atoms with van der Waals surface area (Å²) in [7, 11) is 0.